The standard InChI is InChI=1S/C31H38F3N3O3/c1-2-6-25(28(35)38)26(18-20-10-11-20)29(39)36-27-9-3-4-16-37(30(27)40)19-21-7-5-8-23(17-21)22-12-14-24(15-13-22)31(32,33)34/h5,7-8,12-15,17,20,25-27H,2-4,6,9-11,16,18-19H2,1H3,(H2,35,38)(H,36,39)/t25-,26+,27-/m0/s1. The number of hydrogen-bond donors (Lipinski definition) is 2. The fraction of sp³-hybridized carbons (Fsp3) is 0.516. The van der Waals surface area contributed by atoms with Gasteiger partial charge in [0.15, 0.2) is 0 Å². The molecule has 4 rings (SSSR count). The van der Waals surface area contributed by atoms with Gasteiger partial charge in [0, 0.05) is 24.9 Å². The second kappa shape index (κ2) is 12.9. The second-order valence-electron chi connectivity index (χ2n) is 11.2. The smallest absolute Gasteiger partial charge is 0.369 e. The lowest BCUT2D eigenvalue weighted by atomic mass is 9.83. The number of nitrogens with two attached hydrogens (primary N) is 1. The summed E-state index contributed by atoms with van der Waals surface area (Å²) < 4.78 is 38.9. The van der Waals surface area contributed by atoms with Crippen LogP contribution in [0.1, 0.15) is 69.4 Å². The van der Waals surface area contributed by atoms with E-state index in [1.807, 2.05) is 31.2 Å². The Balaban J connectivity index is 1.46. The highest BCUT2D eigenvalue weighted by Gasteiger charge is 2.39. The Morgan fingerprint density at radius 1 is 1.02 bits per heavy atom. The van der Waals surface area contributed by atoms with Crippen molar-refractivity contribution < 1.29 is 27.6 Å². The molecule has 3 N–H and O–H groups in total. The van der Waals surface area contributed by atoms with Crippen LogP contribution in [0.25, 0.3) is 11.1 Å². The van der Waals surface area contributed by atoms with Crippen LogP contribution >= 0.6 is 0 Å². The van der Waals surface area contributed by atoms with E-state index in [0.717, 1.165) is 55.4 Å². The molecule has 40 heavy (non-hydrogen) atoms. The van der Waals surface area contributed by atoms with Gasteiger partial charge in [-0.3, -0.25) is 14.4 Å². The third-order valence-electron chi connectivity index (χ3n) is 8.01. The summed E-state index contributed by atoms with van der Waals surface area (Å²) in [6, 6.07) is 11.7. The summed E-state index contributed by atoms with van der Waals surface area (Å²) in [6.45, 7) is 2.83. The number of likely N-dealkylation sites (tertiary alicyclic amines) is 1. The first-order valence-corrected chi connectivity index (χ1v) is 14.2. The zero-order valence-corrected chi connectivity index (χ0v) is 22.9. The van der Waals surface area contributed by atoms with Crippen LogP contribution in [-0.4, -0.2) is 35.2 Å². The molecule has 2 aromatic carbocycles. The van der Waals surface area contributed by atoms with E-state index >= 15 is 0 Å². The number of halogens is 3. The van der Waals surface area contributed by atoms with E-state index < -0.39 is 35.5 Å². The molecule has 6 nitrogen and oxygen atoms in total. The summed E-state index contributed by atoms with van der Waals surface area (Å²) in [5, 5.41) is 2.98. The summed E-state index contributed by atoms with van der Waals surface area (Å²) >= 11 is 0. The minimum atomic E-state index is -4.39. The normalized spacial score (nSPS) is 19.6. The van der Waals surface area contributed by atoms with Gasteiger partial charge in [0.1, 0.15) is 6.04 Å². The molecule has 1 aliphatic carbocycles. The van der Waals surface area contributed by atoms with Crippen molar-refractivity contribution in [1.82, 2.24) is 10.2 Å². The molecule has 2 aliphatic rings. The van der Waals surface area contributed by atoms with E-state index in [0.29, 0.717) is 43.8 Å². The van der Waals surface area contributed by atoms with E-state index in [4.69, 9.17) is 5.73 Å². The monoisotopic (exact) mass is 557 g/mol. The molecular formula is C31H38F3N3O3. The molecule has 0 radical (unpaired) electrons. The topological polar surface area (TPSA) is 92.5 Å². The van der Waals surface area contributed by atoms with Crippen molar-refractivity contribution in [3.05, 3.63) is 59.7 Å². The molecule has 2 fully saturated rings. The van der Waals surface area contributed by atoms with Crippen LogP contribution in [0.4, 0.5) is 13.2 Å². The van der Waals surface area contributed by atoms with Crippen LogP contribution in [0.5, 0.6) is 0 Å². The fourth-order valence-electron chi connectivity index (χ4n) is 5.62. The Morgan fingerprint density at radius 2 is 1.75 bits per heavy atom. The van der Waals surface area contributed by atoms with Crippen LogP contribution in [-0.2, 0) is 27.1 Å². The number of carbonyl (C=O) groups is 3. The predicted octanol–water partition coefficient (Wildman–Crippen LogP) is 5.69. The minimum Gasteiger partial charge on any atom is -0.369 e. The average molecular weight is 558 g/mol. The molecule has 0 spiro atoms. The van der Waals surface area contributed by atoms with Crippen molar-refractivity contribution in [2.24, 2.45) is 23.5 Å². The molecule has 0 unspecified atom stereocenters. The number of primary amides is 1. The number of hydrogen-bond acceptors (Lipinski definition) is 3. The van der Waals surface area contributed by atoms with E-state index in [2.05, 4.69) is 5.32 Å². The highest BCUT2D eigenvalue weighted by molar-refractivity contribution is 5.91. The summed E-state index contributed by atoms with van der Waals surface area (Å²) in [6.07, 6.45) is 1.69. The van der Waals surface area contributed by atoms with Crippen molar-refractivity contribution in [1.29, 1.82) is 0 Å². The zero-order valence-electron chi connectivity index (χ0n) is 22.9. The molecule has 1 saturated heterocycles. The highest BCUT2D eigenvalue weighted by atomic mass is 19.4. The molecule has 216 valence electrons. The molecule has 2 aromatic rings. The molecule has 1 aliphatic heterocycles. The van der Waals surface area contributed by atoms with Gasteiger partial charge in [0.05, 0.1) is 5.56 Å². The molecular weight excluding hydrogens is 519 g/mol. The first-order chi connectivity index (χ1) is 19.1. The van der Waals surface area contributed by atoms with Crippen LogP contribution in [0.15, 0.2) is 48.5 Å². The summed E-state index contributed by atoms with van der Waals surface area (Å²) in [7, 11) is 0. The third kappa shape index (κ3) is 7.64. The SMILES string of the molecule is CCC[C@H](C(N)=O)[C@@H](CC1CC1)C(=O)N[C@H]1CCCCN(Cc2cccc(-c3ccc(C(F)(F)F)cc3)c2)C1=O. The Bertz CT molecular complexity index is 1190. The number of nitrogens with one attached hydrogen (secondary N) is 1. The largest absolute Gasteiger partial charge is 0.416 e. The Kier molecular flexibility index (Phi) is 9.53. The lowest BCUT2D eigenvalue weighted by Crippen LogP contribution is -2.50. The maximum atomic E-state index is 13.6. The number of carbonyl (C=O) groups excluding carboxylic acids is 3. The summed E-state index contributed by atoms with van der Waals surface area (Å²) in [5.41, 5.74) is 7.25. The van der Waals surface area contributed by atoms with Gasteiger partial charge in [-0.2, -0.15) is 13.2 Å². The molecule has 0 bridgehead atoms. The van der Waals surface area contributed by atoms with Gasteiger partial charge in [-0.25, -0.2) is 0 Å². The van der Waals surface area contributed by atoms with Crippen molar-refractivity contribution in [2.45, 2.75) is 77.1 Å². The zero-order chi connectivity index (χ0) is 28.9. The number of alkyl halides is 3. The Morgan fingerprint density at radius 3 is 2.38 bits per heavy atom. The number of amides is 3. The van der Waals surface area contributed by atoms with Crippen molar-refractivity contribution in [2.75, 3.05) is 6.54 Å². The Labute approximate surface area is 233 Å². The average Bonchev–Trinajstić information content (AvgIpc) is 3.76. The lowest BCUT2D eigenvalue weighted by molar-refractivity contribution is -0.139. The van der Waals surface area contributed by atoms with Gasteiger partial charge >= 0.3 is 6.18 Å². The summed E-state index contributed by atoms with van der Waals surface area (Å²) in [4.78, 5) is 41.0. The highest BCUT2D eigenvalue weighted by Crippen LogP contribution is 2.38. The van der Waals surface area contributed by atoms with Gasteiger partial charge in [-0.15, -0.1) is 0 Å². The number of rotatable bonds is 11. The van der Waals surface area contributed by atoms with Crippen molar-refractivity contribution >= 4 is 17.7 Å². The maximum Gasteiger partial charge on any atom is 0.416 e. The molecule has 1 heterocycles. The molecule has 0 aromatic heterocycles. The number of benzene rings is 2. The van der Waals surface area contributed by atoms with E-state index in [1.54, 1.807) is 4.90 Å². The van der Waals surface area contributed by atoms with E-state index in [-0.39, 0.29) is 11.8 Å². The minimum absolute atomic E-state index is 0.165. The predicted molar refractivity (Wildman–Crippen MR) is 147 cm³/mol. The molecule has 3 atom stereocenters. The van der Waals surface area contributed by atoms with Gasteiger partial charge in [-0.1, -0.05) is 56.5 Å². The van der Waals surface area contributed by atoms with Gasteiger partial charge in [-0.05, 0) is 72.9 Å². The quantitative estimate of drug-likeness (QED) is 0.372. The van der Waals surface area contributed by atoms with Gasteiger partial charge < -0.3 is 16.0 Å². The van der Waals surface area contributed by atoms with E-state index in [1.165, 1.54) is 12.1 Å². The molecule has 9 heteroatoms. The van der Waals surface area contributed by atoms with Gasteiger partial charge in [0.25, 0.3) is 0 Å². The van der Waals surface area contributed by atoms with Gasteiger partial charge in [0.2, 0.25) is 17.7 Å². The van der Waals surface area contributed by atoms with Crippen LogP contribution in [0.2, 0.25) is 0 Å². The Hall–Kier alpha value is -3.36. The second-order valence-corrected chi connectivity index (χ2v) is 11.2. The van der Waals surface area contributed by atoms with Crippen molar-refractivity contribution in [3.63, 3.8) is 0 Å². The maximum absolute atomic E-state index is 13.6. The first-order valence-electron chi connectivity index (χ1n) is 14.2. The van der Waals surface area contributed by atoms with Crippen LogP contribution in [0.3, 0.4) is 0 Å². The molecule has 3 amide bonds. The number of nitrogens with zero attached hydrogens (tertiary/aromatic N) is 1. The lowest BCUT2D eigenvalue weighted by Gasteiger charge is -2.28. The fourth-order valence-corrected chi connectivity index (χ4v) is 5.62. The third-order valence-corrected chi connectivity index (χ3v) is 8.01. The van der Waals surface area contributed by atoms with Crippen LogP contribution in [0, 0.1) is 17.8 Å². The molecule has 1 saturated carbocycles. The van der Waals surface area contributed by atoms with E-state index in [9.17, 15) is 27.6 Å². The van der Waals surface area contributed by atoms with Crippen molar-refractivity contribution in [3.8, 4) is 11.1 Å². The first kappa shape index (κ1) is 29.6. The summed E-state index contributed by atoms with van der Waals surface area (Å²) in [5.74, 6) is -1.56. The van der Waals surface area contributed by atoms with Crippen LogP contribution < -0.4 is 11.1 Å².